The number of nitrogens with zero attached hydrogens (tertiary/aromatic N) is 5. The standard InChI is InChI=1S/C25H25BrFN7O2/c1-14-10-28-6-7-33(14)21-5-4-18(9-20(21)27)31-25-29-11-16-8-19(26)24(35)34(23(16)32-25)13-17-12-30-36-22(17)15-2-3-15/h4-5,8-9,11-12,14-15,28H,2-3,6-7,10,13H2,1H3,(H,29,31,32). The van der Waals surface area contributed by atoms with Crippen LogP contribution in [0.3, 0.4) is 0 Å². The summed E-state index contributed by atoms with van der Waals surface area (Å²) in [6.45, 7) is 4.75. The lowest BCUT2D eigenvalue weighted by Gasteiger charge is -2.36. The molecular weight excluding hydrogens is 529 g/mol. The zero-order valence-electron chi connectivity index (χ0n) is 19.7. The Morgan fingerprint density at radius 2 is 2.14 bits per heavy atom. The molecule has 2 N–H and O–H groups in total. The smallest absolute Gasteiger partial charge is 0.266 e. The number of nitrogens with one attached hydrogen (secondary N) is 2. The third kappa shape index (κ3) is 4.37. The van der Waals surface area contributed by atoms with Gasteiger partial charge in [0, 0.05) is 54.4 Å². The molecule has 1 aromatic carbocycles. The van der Waals surface area contributed by atoms with Gasteiger partial charge in [0.15, 0.2) is 0 Å². The van der Waals surface area contributed by atoms with Crippen molar-refractivity contribution in [3.05, 3.63) is 68.6 Å². The number of aromatic nitrogens is 4. The molecule has 0 radical (unpaired) electrons. The number of hydrogen-bond acceptors (Lipinski definition) is 8. The maximum atomic E-state index is 15.0. The molecule has 186 valence electrons. The van der Waals surface area contributed by atoms with Gasteiger partial charge in [-0.2, -0.15) is 4.98 Å². The fourth-order valence-corrected chi connectivity index (χ4v) is 5.18. The summed E-state index contributed by atoms with van der Waals surface area (Å²) in [5.41, 5.74) is 2.23. The number of piperazine rings is 1. The predicted octanol–water partition coefficient (Wildman–Crippen LogP) is 4.15. The van der Waals surface area contributed by atoms with E-state index in [0.29, 0.717) is 32.8 Å². The molecule has 4 heterocycles. The molecule has 1 aliphatic carbocycles. The van der Waals surface area contributed by atoms with Crippen molar-refractivity contribution in [2.24, 2.45) is 0 Å². The molecule has 1 unspecified atom stereocenters. The number of anilines is 3. The number of hydrogen-bond donors (Lipinski definition) is 2. The van der Waals surface area contributed by atoms with E-state index in [0.717, 1.165) is 43.8 Å². The summed E-state index contributed by atoms with van der Waals surface area (Å²) >= 11 is 3.36. The molecule has 3 aromatic heterocycles. The first-order chi connectivity index (χ1) is 17.5. The number of halogens is 2. The number of pyridine rings is 1. The van der Waals surface area contributed by atoms with Crippen LogP contribution in [0.4, 0.5) is 21.7 Å². The minimum absolute atomic E-state index is 0.206. The van der Waals surface area contributed by atoms with Crippen LogP contribution in [0.1, 0.15) is 37.0 Å². The molecule has 0 bridgehead atoms. The molecule has 1 atom stereocenters. The zero-order valence-corrected chi connectivity index (χ0v) is 21.3. The van der Waals surface area contributed by atoms with E-state index >= 15 is 4.39 Å². The summed E-state index contributed by atoms with van der Waals surface area (Å²) in [6, 6.07) is 6.95. The molecule has 0 amide bonds. The van der Waals surface area contributed by atoms with Gasteiger partial charge in [-0.05, 0) is 60.0 Å². The SMILES string of the molecule is CC1CNCCN1c1ccc(Nc2ncc3cc(Br)c(=O)n(Cc4cnoc4C4CC4)c3n2)cc1F. The van der Waals surface area contributed by atoms with Crippen LogP contribution in [0.25, 0.3) is 11.0 Å². The normalized spacial score (nSPS) is 18.1. The van der Waals surface area contributed by atoms with Crippen molar-refractivity contribution in [3.8, 4) is 0 Å². The van der Waals surface area contributed by atoms with E-state index in [-0.39, 0.29) is 29.9 Å². The fraction of sp³-hybridized carbons (Fsp3) is 0.360. The third-order valence-electron chi connectivity index (χ3n) is 6.75. The molecule has 9 nitrogen and oxygen atoms in total. The van der Waals surface area contributed by atoms with Gasteiger partial charge in [0.25, 0.3) is 5.56 Å². The average Bonchev–Trinajstić information content (AvgIpc) is 3.61. The highest BCUT2D eigenvalue weighted by atomic mass is 79.9. The zero-order chi connectivity index (χ0) is 24.8. The summed E-state index contributed by atoms with van der Waals surface area (Å²) in [5.74, 6) is 1.16. The maximum Gasteiger partial charge on any atom is 0.266 e. The molecule has 1 saturated heterocycles. The minimum Gasteiger partial charge on any atom is -0.364 e. The van der Waals surface area contributed by atoms with Crippen molar-refractivity contribution in [3.63, 3.8) is 0 Å². The maximum absolute atomic E-state index is 15.0. The first-order valence-electron chi connectivity index (χ1n) is 12.0. The van der Waals surface area contributed by atoms with Crippen LogP contribution in [0.5, 0.6) is 0 Å². The van der Waals surface area contributed by atoms with Crippen molar-refractivity contribution in [1.29, 1.82) is 0 Å². The lowest BCUT2D eigenvalue weighted by Crippen LogP contribution is -2.50. The van der Waals surface area contributed by atoms with E-state index in [1.165, 1.54) is 6.07 Å². The lowest BCUT2D eigenvalue weighted by atomic mass is 10.1. The summed E-state index contributed by atoms with van der Waals surface area (Å²) in [7, 11) is 0. The summed E-state index contributed by atoms with van der Waals surface area (Å²) in [6.07, 6.45) is 5.44. The highest BCUT2D eigenvalue weighted by Crippen LogP contribution is 2.41. The van der Waals surface area contributed by atoms with Crippen LogP contribution >= 0.6 is 15.9 Å². The van der Waals surface area contributed by atoms with Crippen LogP contribution in [0, 0.1) is 5.82 Å². The second-order valence-corrected chi connectivity index (χ2v) is 10.2. The average molecular weight is 554 g/mol. The quantitative estimate of drug-likeness (QED) is 0.367. The third-order valence-corrected chi connectivity index (χ3v) is 7.32. The van der Waals surface area contributed by atoms with E-state index in [1.54, 1.807) is 29.1 Å². The Hall–Kier alpha value is -3.31. The van der Waals surface area contributed by atoms with Crippen LogP contribution in [-0.2, 0) is 6.54 Å². The van der Waals surface area contributed by atoms with Crippen LogP contribution in [-0.4, -0.2) is 45.4 Å². The van der Waals surface area contributed by atoms with Gasteiger partial charge in [-0.15, -0.1) is 0 Å². The molecule has 6 rings (SSSR count). The largest absolute Gasteiger partial charge is 0.364 e. The van der Waals surface area contributed by atoms with Gasteiger partial charge in [-0.3, -0.25) is 9.36 Å². The van der Waals surface area contributed by atoms with Gasteiger partial charge in [-0.1, -0.05) is 5.16 Å². The highest BCUT2D eigenvalue weighted by molar-refractivity contribution is 9.10. The molecule has 2 aliphatic rings. The first-order valence-corrected chi connectivity index (χ1v) is 12.8. The van der Waals surface area contributed by atoms with E-state index in [4.69, 9.17) is 4.52 Å². The van der Waals surface area contributed by atoms with E-state index in [1.807, 2.05) is 6.07 Å². The Labute approximate surface area is 214 Å². The van der Waals surface area contributed by atoms with E-state index in [9.17, 15) is 4.79 Å². The van der Waals surface area contributed by atoms with Crippen molar-refractivity contribution < 1.29 is 8.91 Å². The molecule has 0 spiro atoms. The van der Waals surface area contributed by atoms with Gasteiger partial charge in [0.05, 0.1) is 22.9 Å². The lowest BCUT2D eigenvalue weighted by molar-refractivity contribution is 0.382. The fourth-order valence-electron chi connectivity index (χ4n) is 4.72. The summed E-state index contributed by atoms with van der Waals surface area (Å²) in [4.78, 5) is 24.1. The van der Waals surface area contributed by atoms with E-state index in [2.05, 4.69) is 53.5 Å². The van der Waals surface area contributed by atoms with Gasteiger partial charge in [-0.25, -0.2) is 9.37 Å². The Kier molecular flexibility index (Phi) is 5.96. The Morgan fingerprint density at radius 3 is 2.92 bits per heavy atom. The molecule has 11 heteroatoms. The Morgan fingerprint density at radius 1 is 1.28 bits per heavy atom. The van der Waals surface area contributed by atoms with Crippen molar-refractivity contribution >= 4 is 44.3 Å². The molecule has 4 aromatic rings. The van der Waals surface area contributed by atoms with Crippen LogP contribution in [0.2, 0.25) is 0 Å². The monoisotopic (exact) mass is 553 g/mol. The van der Waals surface area contributed by atoms with Crippen molar-refractivity contribution in [2.45, 2.75) is 38.3 Å². The summed E-state index contributed by atoms with van der Waals surface area (Å²) < 4.78 is 22.5. The summed E-state index contributed by atoms with van der Waals surface area (Å²) in [5, 5.41) is 11.1. The van der Waals surface area contributed by atoms with Gasteiger partial charge in [0.1, 0.15) is 17.2 Å². The van der Waals surface area contributed by atoms with Gasteiger partial charge >= 0.3 is 0 Å². The van der Waals surface area contributed by atoms with Crippen molar-refractivity contribution in [1.82, 2.24) is 25.0 Å². The predicted molar refractivity (Wildman–Crippen MR) is 138 cm³/mol. The first kappa shape index (κ1) is 23.1. The molecule has 1 aliphatic heterocycles. The Bertz CT molecular complexity index is 1500. The number of benzene rings is 1. The van der Waals surface area contributed by atoms with Gasteiger partial charge < -0.3 is 20.1 Å². The van der Waals surface area contributed by atoms with Crippen molar-refractivity contribution in [2.75, 3.05) is 29.9 Å². The second-order valence-electron chi connectivity index (χ2n) is 9.38. The molecule has 2 fully saturated rings. The highest BCUT2D eigenvalue weighted by Gasteiger charge is 2.30. The number of fused-ring (bicyclic) bond motifs is 1. The van der Waals surface area contributed by atoms with Crippen LogP contribution in [0.15, 0.2) is 50.4 Å². The Balaban J connectivity index is 1.32. The molecular formula is C25H25BrFN7O2. The second kappa shape index (κ2) is 9.29. The molecule has 1 saturated carbocycles. The number of rotatable bonds is 6. The van der Waals surface area contributed by atoms with Gasteiger partial charge in [0.2, 0.25) is 5.95 Å². The minimum atomic E-state index is -0.310. The van der Waals surface area contributed by atoms with Crippen LogP contribution < -0.4 is 21.1 Å². The topological polar surface area (TPSA) is 101 Å². The van der Waals surface area contributed by atoms with E-state index < -0.39 is 0 Å². The molecule has 36 heavy (non-hydrogen) atoms.